The fraction of sp³-hybridized carbons (Fsp3) is 0.273. The summed E-state index contributed by atoms with van der Waals surface area (Å²) < 4.78 is 0. The van der Waals surface area contributed by atoms with E-state index in [1.165, 1.54) is 30.5 Å². The van der Waals surface area contributed by atoms with Crippen molar-refractivity contribution in [3.05, 3.63) is 69.8 Å². The second-order valence-corrected chi connectivity index (χ2v) is 7.36. The molecule has 10 nitrogen and oxygen atoms in total. The summed E-state index contributed by atoms with van der Waals surface area (Å²) >= 11 is 0. The van der Waals surface area contributed by atoms with Gasteiger partial charge >= 0.3 is 11.8 Å². The van der Waals surface area contributed by atoms with E-state index in [0.717, 1.165) is 32.1 Å². The molecule has 3 N–H and O–H groups in total. The van der Waals surface area contributed by atoms with Crippen LogP contribution in [-0.4, -0.2) is 34.9 Å². The molecule has 0 spiro atoms. The summed E-state index contributed by atoms with van der Waals surface area (Å²) in [5.41, 5.74) is 2.79. The monoisotopic (exact) mass is 437 g/mol. The van der Waals surface area contributed by atoms with E-state index >= 15 is 0 Å². The van der Waals surface area contributed by atoms with Gasteiger partial charge < -0.3 is 10.6 Å². The van der Waals surface area contributed by atoms with E-state index in [-0.39, 0.29) is 28.9 Å². The van der Waals surface area contributed by atoms with Crippen molar-refractivity contribution in [2.45, 2.75) is 38.1 Å². The minimum Gasteiger partial charge on any atom is -0.349 e. The van der Waals surface area contributed by atoms with Crippen LogP contribution < -0.4 is 16.1 Å². The number of hydrazone groups is 1. The highest BCUT2D eigenvalue weighted by Gasteiger charge is 2.20. The molecule has 32 heavy (non-hydrogen) atoms. The van der Waals surface area contributed by atoms with Crippen LogP contribution in [0.2, 0.25) is 0 Å². The summed E-state index contributed by atoms with van der Waals surface area (Å²) in [6.07, 6.45) is 6.33. The zero-order valence-corrected chi connectivity index (χ0v) is 17.2. The normalized spacial score (nSPS) is 14.0. The molecular weight excluding hydrogens is 414 g/mol. The first kappa shape index (κ1) is 22.6. The number of hydrogen-bond donors (Lipinski definition) is 3. The molecule has 2 aromatic rings. The number of rotatable bonds is 6. The van der Waals surface area contributed by atoms with Gasteiger partial charge in [-0.3, -0.25) is 24.5 Å². The third-order valence-electron chi connectivity index (χ3n) is 5.03. The third-order valence-corrected chi connectivity index (χ3v) is 5.03. The highest BCUT2D eigenvalue weighted by Crippen LogP contribution is 2.20. The highest BCUT2D eigenvalue weighted by molar-refractivity contribution is 6.40. The Balaban J connectivity index is 1.59. The van der Waals surface area contributed by atoms with E-state index < -0.39 is 16.7 Å². The number of amides is 3. The maximum Gasteiger partial charge on any atom is 0.329 e. The molecule has 0 saturated heterocycles. The molecule has 3 rings (SSSR count). The van der Waals surface area contributed by atoms with Gasteiger partial charge in [0.1, 0.15) is 0 Å². The van der Waals surface area contributed by atoms with Gasteiger partial charge in [0.25, 0.3) is 11.6 Å². The molecule has 0 atom stereocenters. The van der Waals surface area contributed by atoms with Crippen LogP contribution in [0.25, 0.3) is 0 Å². The molecule has 0 radical (unpaired) electrons. The molecule has 1 fully saturated rings. The average molecular weight is 437 g/mol. The Morgan fingerprint density at radius 2 is 1.75 bits per heavy atom. The van der Waals surface area contributed by atoms with Crippen molar-refractivity contribution in [2.24, 2.45) is 5.10 Å². The van der Waals surface area contributed by atoms with E-state index in [1.807, 2.05) is 0 Å². The van der Waals surface area contributed by atoms with Crippen LogP contribution in [0.3, 0.4) is 0 Å². The van der Waals surface area contributed by atoms with Gasteiger partial charge in [0.15, 0.2) is 0 Å². The zero-order valence-electron chi connectivity index (χ0n) is 17.2. The first-order chi connectivity index (χ1) is 15.4. The number of nitro groups is 1. The summed E-state index contributed by atoms with van der Waals surface area (Å²) in [7, 11) is 0. The Bertz CT molecular complexity index is 1050. The number of carbonyl (C=O) groups is 3. The fourth-order valence-electron chi connectivity index (χ4n) is 3.41. The first-order valence-corrected chi connectivity index (χ1v) is 10.2. The second kappa shape index (κ2) is 10.8. The maximum absolute atomic E-state index is 12.7. The van der Waals surface area contributed by atoms with Gasteiger partial charge in [0.2, 0.25) is 0 Å². The molecule has 1 aliphatic carbocycles. The maximum atomic E-state index is 12.7. The van der Waals surface area contributed by atoms with E-state index in [1.54, 1.807) is 24.3 Å². The molecule has 1 aliphatic rings. The van der Waals surface area contributed by atoms with Gasteiger partial charge in [-0.2, -0.15) is 5.10 Å². The Hall–Kier alpha value is -4.08. The summed E-state index contributed by atoms with van der Waals surface area (Å²) in [5, 5.41) is 19.9. The van der Waals surface area contributed by atoms with Crippen LogP contribution in [0, 0.1) is 10.1 Å². The molecule has 1 saturated carbocycles. The van der Waals surface area contributed by atoms with E-state index in [4.69, 9.17) is 0 Å². The van der Waals surface area contributed by atoms with E-state index in [0.29, 0.717) is 5.56 Å². The standard InChI is InChI=1S/C22H23N5O5/c28-20(24-16-8-2-1-3-9-16)18-11-4-5-12-19(18)25-21(29)22(30)26-23-14-15-7-6-10-17(13-15)27(31)32/h4-7,10-14,16H,1-3,8-9H2,(H,24,28)(H,25,29)(H,26,30). The Labute approximate surface area is 184 Å². The smallest absolute Gasteiger partial charge is 0.329 e. The number of carbonyl (C=O) groups excluding carboxylic acids is 3. The molecule has 10 heteroatoms. The lowest BCUT2D eigenvalue weighted by Gasteiger charge is -2.23. The largest absolute Gasteiger partial charge is 0.349 e. The molecule has 3 amide bonds. The lowest BCUT2D eigenvalue weighted by molar-refractivity contribution is -0.384. The summed E-state index contributed by atoms with van der Waals surface area (Å²) in [4.78, 5) is 47.2. The molecule has 2 aromatic carbocycles. The second-order valence-electron chi connectivity index (χ2n) is 7.36. The van der Waals surface area contributed by atoms with Crippen LogP contribution in [0.1, 0.15) is 48.0 Å². The number of benzene rings is 2. The van der Waals surface area contributed by atoms with Crippen molar-refractivity contribution in [2.75, 3.05) is 5.32 Å². The zero-order chi connectivity index (χ0) is 22.9. The average Bonchev–Trinajstić information content (AvgIpc) is 2.80. The van der Waals surface area contributed by atoms with Crippen molar-refractivity contribution in [1.82, 2.24) is 10.7 Å². The number of anilines is 1. The summed E-state index contributed by atoms with van der Waals surface area (Å²) in [6.45, 7) is 0. The minimum atomic E-state index is -1.05. The van der Waals surface area contributed by atoms with Crippen molar-refractivity contribution in [3.63, 3.8) is 0 Å². The minimum absolute atomic E-state index is 0.103. The van der Waals surface area contributed by atoms with Crippen LogP contribution in [0.4, 0.5) is 11.4 Å². The van der Waals surface area contributed by atoms with Crippen LogP contribution >= 0.6 is 0 Å². The van der Waals surface area contributed by atoms with Crippen molar-refractivity contribution in [3.8, 4) is 0 Å². The van der Waals surface area contributed by atoms with E-state index in [2.05, 4.69) is 21.2 Å². The number of nitrogens with zero attached hydrogens (tertiary/aromatic N) is 2. The third kappa shape index (κ3) is 6.21. The Morgan fingerprint density at radius 3 is 2.50 bits per heavy atom. The Kier molecular flexibility index (Phi) is 7.63. The predicted octanol–water partition coefficient (Wildman–Crippen LogP) is 2.75. The number of nitrogens with one attached hydrogen (secondary N) is 3. The first-order valence-electron chi connectivity index (χ1n) is 10.2. The van der Waals surface area contributed by atoms with Gasteiger partial charge in [-0.1, -0.05) is 43.5 Å². The molecule has 0 unspecified atom stereocenters. The number of nitro benzene ring substituents is 1. The van der Waals surface area contributed by atoms with Crippen molar-refractivity contribution >= 4 is 35.3 Å². The van der Waals surface area contributed by atoms with Crippen LogP contribution in [-0.2, 0) is 9.59 Å². The number of non-ortho nitro benzene ring substituents is 1. The molecular formula is C22H23N5O5. The number of para-hydroxylation sites is 1. The molecule has 0 heterocycles. The lowest BCUT2D eigenvalue weighted by Crippen LogP contribution is -2.37. The molecule has 166 valence electrons. The fourth-order valence-corrected chi connectivity index (χ4v) is 3.41. The summed E-state index contributed by atoms with van der Waals surface area (Å²) in [6, 6.07) is 12.2. The van der Waals surface area contributed by atoms with E-state index in [9.17, 15) is 24.5 Å². The van der Waals surface area contributed by atoms with Crippen molar-refractivity contribution in [1.29, 1.82) is 0 Å². The molecule has 0 bridgehead atoms. The van der Waals surface area contributed by atoms with Crippen molar-refractivity contribution < 1.29 is 19.3 Å². The van der Waals surface area contributed by atoms with Gasteiger partial charge in [0, 0.05) is 23.7 Å². The Morgan fingerprint density at radius 1 is 1.00 bits per heavy atom. The number of hydrogen-bond acceptors (Lipinski definition) is 6. The predicted molar refractivity (Wildman–Crippen MR) is 118 cm³/mol. The van der Waals surface area contributed by atoms with Crippen LogP contribution in [0.15, 0.2) is 53.6 Å². The SMILES string of the molecule is O=C(NN=Cc1cccc([N+](=O)[O-])c1)C(=O)Nc1ccccc1C(=O)NC1CCCCC1. The van der Waals surface area contributed by atoms with Crippen LogP contribution in [0.5, 0.6) is 0 Å². The van der Waals surface area contributed by atoms with Gasteiger partial charge in [0.05, 0.1) is 22.4 Å². The van der Waals surface area contributed by atoms with Gasteiger partial charge in [-0.05, 0) is 25.0 Å². The molecule has 0 aromatic heterocycles. The van der Waals surface area contributed by atoms with Gasteiger partial charge in [-0.15, -0.1) is 0 Å². The quantitative estimate of drug-likeness (QED) is 0.276. The lowest BCUT2D eigenvalue weighted by atomic mass is 9.95. The van der Waals surface area contributed by atoms with Gasteiger partial charge in [-0.25, -0.2) is 5.43 Å². The molecule has 0 aliphatic heterocycles. The summed E-state index contributed by atoms with van der Waals surface area (Å²) in [5.74, 6) is -2.36. The highest BCUT2D eigenvalue weighted by atomic mass is 16.6. The topological polar surface area (TPSA) is 143 Å².